The van der Waals surface area contributed by atoms with Crippen LogP contribution in [-0.4, -0.2) is 42.0 Å². The van der Waals surface area contributed by atoms with Gasteiger partial charge in [0.25, 0.3) is 0 Å². The Morgan fingerprint density at radius 2 is 0.792 bits per heavy atom. The molecule has 248 valence electrons. The first kappa shape index (κ1) is 34.9. The van der Waals surface area contributed by atoms with Crippen molar-refractivity contribution in [3.8, 4) is 0 Å². The highest BCUT2D eigenvalue weighted by Gasteiger charge is 2.31. The van der Waals surface area contributed by atoms with E-state index in [2.05, 4.69) is 10.6 Å². The molecule has 0 saturated carbocycles. The molecule has 0 bridgehead atoms. The van der Waals surface area contributed by atoms with Crippen LogP contribution in [0.3, 0.4) is 0 Å². The quantitative estimate of drug-likeness (QED) is 0.129. The maximum atomic E-state index is 13.3. The van der Waals surface area contributed by atoms with E-state index in [9.17, 15) is 24.0 Å². The Bertz CT molecular complexity index is 1500. The van der Waals surface area contributed by atoms with Gasteiger partial charge in [-0.25, -0.2) is 14.4 Å². The molecule has 0 spiro atoms. The van der Waals surface area contributed by atoms with Crippen molar-refractivity contribution in [3.63, 3.8) is 0 Å². The van der Waals surface area contributed by atoms with E-state index in [1.165, 1.54) is 0 Å². The third-order valence-corrected chi connectivity index (χ3v) is 6.86. The molecule has 2 atom stereocenters. The van der Waals surface area contributed by atoms with Gasteiger partial charge in [0.2, 0.25) is 5.91 Å². The van der Waals surface area contributed by atoms with Crippen LogP contribution < -0.4 is 10.6 Å². The summed E-state index contributed by atoms with van der Waals surface area (Å²) in [7, 11) is 0. The number of carbonyl (C=O) groups is 5. The average Bonchev–Trinajstić information content (AvgIpc) is 3.12. The molecule has 0 radical (unpaired) electrons. The molecule has 2 amide bonds. The summed E-state index contributed by atoms with van der Waals surface area (Å²) in [5.74, 6) is -3.39. The van der Waals surface area contributed by atoms with E-state index in [0.29, 0.717) is 16.7 Å². The first-order chi connectivity index (χ1) is 23.4. The molecule has 4 aromatic carbocycles. The average molecular weight is 653 g/mol. The van der Waals surface area contributed by atoms with Crippen LogP contribution in [0.5, 0.6) is 0 Å². The fraction of sp³-hybridized carbons (Fsp3) is 0.216. The number of esters is 3. The molecule has 2 N–H and O–H groups in total. The van der Waals surface area contributed by atoms with Crippen LogP contribution >= 0.6 is 0 Å². The SMILES string of the molecule is O=C(C[C@H](NC(=O)OCc1ccccc1)C(=O)OCc1ccccc1)N[C@H](CC(=O)OCc1ccccc1)C(=O)OCc1ccccc1. The predicted molar refractivity (Wildman–Crippen MR) is 173 cm³/mol. The second kappa shape index (κ2) is 18.9. The van der Waals surface area contributed by atoms with E-state index in [1.807, 2.05) is 24.3 Å². The molecule has 0 fully saturated rings. The Kier molecular flexibility index (Phi) is 13.7. The summed E-state index contributed by atoms with van der Waals surface area (Å²) < 4.78 is 21.3. The topological polar surface area (TPSA) is 146 Å². The molecular formula is C37H36N2O9. The lowest BCUT2D eigenvalue weighted by molar-refractivity contribution is -0.155. The molecule has 11 nitrogen and oxygen atoms in total. The second-order valence-electron chi connectivity index (χ2n) is 10.6. The van der Waals surface area contributed by atoms with Gasteiger partial charge >= 0.3 is 24.0 Å². The normalized spacial score (nSPS) is 11.7. The fourth-order valence-electron chi connectivity index (χ4n) is 4.35. The summed E-state index contributed by atoms with van der Waals surface area (Å²) in [5, 5.41) is 4.84. The van der Waals surface area contributed by atoms with Crippen molar-refractivity contribution < 1.29 is 42.9 Å². The molecule has 48 heavy (non-hydrogen) atoms. The van der Waals surface area contributed by atoms with Gasteiger partial charge in [0.15, 0.2) is 0 Å². The number of rotatable bonds is 16. The number of benzene rings is 4. The third kappa shape index (κ3) is 12.4. The standard InChI is InChI=1S/C37H36N2O9/c40-33(21-31(35(42)46-24-28-15-7-2-8-16-28)39-37(44)48-26-30-19-11-4-12-20-30)38-32(36(43)47-25-29-17-9-3-10-18-29)22-34(41)45-23-27-13-5-1-6-14-27/h1-20,31-32H,21-26H2,(H,38,40)(H,39,44)/t31-,32+/m0/s1. The highest BCUT2D eigenvalue weighted by Crippen LogP contribution is 2.10. The number of nitrogens with one attached hydrogen (secondary N) is 2. The minimum absolute atomic E-state index is 0.0380. The molecule has 0 aliphatic heterocycles. The molecule has 11 heteroatoms. The van der Waals surface area contributed by atoms with Crippen molar-refractivity contribution >= 4 is 29.9 Å². The van der Waals surface area contributed by atoms with Crippen molar-refractivity contribution in [1.82, 2.24) is 10.6 Å². The molecule has 0 saturated heterocycles. The maximum absolute atomic E-state index is 13.3. The van der Waals surface area contributed by atoms with Gasteiger partial charge < -0.3 is 29.6 Å². The summed E-state index contributed by atoms with van der Waals surface area (Å²) >= 11 is 0. The van der Waals surface area contributed by atoms with Gasteiger partial charge in [0, 0.05) is 0 Å². The van der Waals surface area contributed by atoms with E-state index >= 15 is 0 Å². The first-order valence-electron chi connectivity index (χ1n) is 15.2. The number of amides is 2. The summed E-state index contributed by atoms with van der Waals surface area (Å²) in [6.07, 6.45) is -2.13. The maximum Gasteiger partial charge on any atom is 0.408 e. The number of hydrogen-bond acceptors (Lipinski definition) is 9. The number of hydrogen-bond donors (Lipinski definition) is 2. The van der Waals surface area contributed by atoms with Crippen LogP contribution in [0.2, 0.25) is 0 Å². The van der Waals surface area contributed by atoms with Crippen molar-refractivity contribution in [2.24, 2.45) is 0 Å². The van der Waals surface area contributed by atoms with Crippen molar-refractivity contribution in [2.75, 3.05) is 0 Å². The first-order valence-corrected chi connectivity index (χ1v) is 15.2. The Balaban J connectivity index is 1.42. The van der Waals surface area contributed by atoms with E-state index in [0.717, 1.165) is 5.56 Å². The van der Waals surface area contributed by atoms with Crippen molar-refractivity contribution in [1.29, 1.82) is 0 Å². The van der Waals surface area contributed by atoms with Gasteiger partial charge in [0.05, 0.1) is 12.8 Å². The molecule has 0 aromatic heterocycles. The smallest absolute Gasteiger partial charge is 0.408 e. The minimum Gasteiger partial charge on any atom is -0.461 e. The van der Waals surface area contributed by atoms with E-state index in [-0.39, 0.29) is 26.4 Å². The summed E-state index contributed by atoms with van der Waals surface area (Å²) in [4.78, 5) is 64.9. The largest absolute Gasteiger partial charge is 0.461 e. The molecule has 0 unspecified atom stereocenters. The van der Waals surface area contributed by atoms with Crippen molar-refractivity contribution in [3.05, 3.63) is 144 Å². The van der Waals surface area contributed by atoms with Crippen LogP contribution in [0.1, 0.15) is 35.1 Å². The van der Waals surface area contributed by atoms with Gasteiger partial charge in [-0.2, -0.15) is 0 Å². The molecule has 0 heterocycles. The predicted octanol–water partition coefficient (Wildman–Crippen LogP) is 4.78. The zero-order valence-electron chi connectivity index (χ0n) is 26.1. The lowest BCUT2D eigenvalue weighted by Crippen LogP contribution is -2.48. The Morgan fingerprint density at radius 1 is 0.438 bits per heavy atom. The highest BCUT2D eigenvalue weighted by atomic mass is 16.6. The van der Waals surface area contributed by atoms with Gasteiger partial charge in [-0.15, -0.1) is 0 Å². The lowest BCUT2D eigenvalue weighted by Gasteiger charge is -2.20. The summed E-state index contributed by atoms with van der Waals surface area (Å²) in [6, 6.07) is 32.6. The molecule has 0 aliphatic carbocycles. The molecule has 0 aliphatic rings. The number of ether oxygens (including phenoxy) is 4. The fourth-order valence-corrected chi connectivity index (χ4v) is 4.35. The summed E-state index contributed by atoms with van der Waals surface area (Å²) in [5.41, 5.74) is 2.84. The van der Waals surface area contributed by atoms with Crippen LogP contribution in [0.15, 0.2) is 121 Å². The van der Waals surface area contributed by atoms with Crippen LogP contribution in [0, 0.1) is 0 Å². The van der Waals surface area contributed by atoms with Crippen LogP contribution in [0.25, 0.3) is 0 Å². The molecular weight excluding hydrogens is 616 g/mol. The lowest BCUT2D eigenvalue weighted by atomic mass is 10.1. The molecule has 4 aromatic rings. The zero-order chi connectivity index (χ0) is 34.0. The minimum atomic E-state index is -1.48. The number of carbonyl (C=O) groups excluding carboxylic acids is 5. The Labute approximate surface area is 278 Å². The van der Waals surface area contributed by atoms with Gasteiger partial charge in [0.1, 0.15) is 38.5 Å². The van der Waals surface area contributed by atoms with E-state index < -0.39 is 54.8 Å². The number of alkyl carbamates (subject to hydrolysis) is 1. The van der Waals surface area contributed by atoms with Gasteiger partial charge in [-0.05, 0) is 22.3 Å². The highest BCUT2D eigenvalue weighted by molar-refractivity contribution is 5.91. The van der Waals surface area contributed by atoms with E-state index in [4.69, 9.17) is 18.9 Å². The Hall–Kier alpha value is -5.97. The monoisotopic (exact) mass is 652 g/mol. The van der Waals surface area contributed by atoms with Gasteiger partial charge in [-0.1, -0.05) is 121 Å². The van der Waals surface area contributed by atoms with Crippen LogP contribution in [-0.2, 0) is 64.6 Å². The second-order valence-corrected chi connectivity index (χ2v) is 10.6. The summed E-state index contributed by atoms with van der Waals surface area (Å²) in [6.45, 7) is -0.330. The Morgan fingerprint density at radius 3 is 1.21 bits per heavy atom. The third-order valence-electron chi connectivity index (χ3n) is 6.86. The zero-order valence-corrected chi connectivity index (χ0v) is 26.1. The van der Waals surface area contributed by atoms with Crippen molar-refractivity contribution in [2.45, 2.75) is 51.4 Å². The van der Waals surface area contributed by atoms with Gasteiger partial charge in [-0.3, -0.25) is 9.59 Å². The van der Waals surface area contributed by atoms with E-state index in [1.54, 1.807) is 97.1 Å². The molecule has 4 rings (SSSR count). The van der Waals surface area contributed by atoms with Crippen LogP contribution in [0.4, 0.5) is 4.79 Å².